The third kappa shape index (κ3) is 3.89. The molecule has 3 atom stereocenters. The summed E-state index contributed by atoms with van der Waals surface area (Å²) in [5.74, 6) is 2.09. The third-order valence-corrected chi connectivity index (χ3v) is 7.64. The lowest BCUT2D eigenvalue weighted by atomic mass is 9.92. The number of ketones is 1. The second-order valence-electron chi connectivity index (χ2n) is 10.2. The number of anilines is 1. The van der Waals surface area contributed by atoms with Crippen molar-refractivity contribution in [2.24, 2.45) is 11.8 Å². The fourth-order valence-electron chi connectivity index (χ4n) is 5.78. The lowest BCUT2D eigenvalue weighted by Gasteiger charge is -2.18. The van der Waals surface area contributed by atoms with Crippen molar-refractivity contribution in [2.45, 2.75) is 51.6 Å². The molecule has 1 amide bonds. The van der Waals surface area contributed by atoms with Gasteiger partial charge in [-0.3, -0.25) is 14.3 Å². The van der Waals surface area contributed by atoms with Gasteiger partial charge >= 0.3 is 0 Å². The number of pyridine rings is 1. The van der Waals surface area contributed by atoms with Crippen LogP contribution in [0.25, 0.3) is 0 Å². The highest BCUT2D eigenvalue weighted by Crippen LogP contribution is 2.46. The Bertz CT molecular complexity index is 1280. The highest BCUT2D eigenvalue weighted by Gasteiger charge is 2.51. The Hall–Kier alpha value is -3.48. The predicted molar refractivity (Wildman–Crippen MR) is 128 cm³/mol. The molecule has 3 heterocycles. The molecular formula is C27H29N5O2. The van der Waals surface area contributed by atoms with E-state index < -0.39 is 0 Å². The zero-order chi connectivity index (χ0) is 23.4. The van der Waals surface area contributed by atoms with Crippen LogP contribution in [0.1, 0.15) is 63.5 Å². The second-order valence-corrected chi connectivity index (χ2v) is 10.2. The van der Waals surface area contributed by atoms with Gasteiger partial charge in [-0.1, -0.05) is 24.3 Å². The first-order valence-electron chi connectivity index (χ1n) is 12.1. The number of amides is 1. The normalized spacial score (nSPS) is 22.7. The van der Waals surface area contributed by atoms with E-state index in [1.807, 2.05) is 21.8 Å². The SMILES string of the molecule is Cc1cc(N)nc2c1C(CC(=O)c1cnn(Cc3ccc(CN4CC5CC5C4=O)cc3)c1)CC2. The maximum atomic E-state index is 13.0. The Morgan fingerprint density at radius 3 is 2.68 bits per heavy atom. The van der Waals surface area contributed by atoms with Crippen LogP contribution in [0.2, 0.25) is 0 Å². The molecule has 2 aromatic heterocycles. The number of benzene rings is 1. The highest BCUT2D eigenvalue weighted by atomic mass is 16.2. The van der Waals surface area contributed by atoms with E-state index in [0.29, 0.717) is 48.6 Å². The van der Waals surface area contributed by atoms with Gasteiger partial charge in [-0.2, -0.15) is 5.10 Å². The van der Waals surface area contributed by atoms with E-state index in [1.54, 1.807) is 6.20 Å². The van der Waals surface area contributed by atoms with Crippen LogP contribution in [0.3, 0.4) is 0 Å². The number of carbonyl (C=O) groups excluding carboxylic acids is 2. The highest BCUT2D eigenvalue weighted by molar-refractivity contribution is 5.96. The van der Waals surface area contributed by atoms with Gasteiger partial charge in [0.2, 0.25) is 5.91 Å². The first kappa shape index (κ1) is 21.1. The molecular weight excluding hydrogens is 426 g/mol. The van der Waals surface area contributed by atoms with E-state index in [1.165, 1.54) is 5.56 Å². The number of piperidine rings is 1. The summed E-state index contributed by atoms with van der Waals surface area (Å²) in [4.78, 5) is 31.6. The molecule has 6 rings (SSSR count). The second kappa shape index (κ2) is 8.08. The average Bonchev–Trinajstić information content (AvgIpc) is 3.09. The molecule has 0 bridgehead atoms. The number of rotatable bonds is 7. The van der Waals surface area contributed by atoms with Crippen molar-refractivity contribution in [2.75, 3.05) is 12.3 Å². The number of nitrogens with zero attached hydrogens (tertiary/aromatic N) is 4. The van der Waals surface area contributed by atoms with Crippen LogP contribution in [0.4, 0.5) is 5.82 Å². The van der Waals surface area contributed by atoms with Crippen molar-refractivity contribution in [3.8, 4) is 0 Å². The quantitative estimate of drug-likeness (QED) is 0.551. The minimum absolute atomic E-state index is 0.115. The van der Waals surface area contributed by atoms with Gasteiger partial charge in [0, 0.05) is 37.3 Å². The molecule has 3 unspecified atom stereocenters. The van der Waals surface area contributed by atoms with Gasteiger partial charge in [0.05, 0.1) is 18.3 Å². The van der Waals surface area contributed by atoms with Gasteiger partial charge in [-0.25, -0.2) is 4.98 Å². The molecule has 1 aliphatic heterocycles. The molecule has 1 saturated carbocycles. The maximum absolute atomic E-state index is 13.0. The number of hydrogen-bond acceptors (Lipinski definition) is 5. The van der Waals surface area contributed by atoms with E-state index in [9.17, 15) is 9.59 Å². The van der Waals surface area contributed by atoms with Crippen LogP contribution >= 0.6 is 0 Å². The molecule has 1 saturated heterocycles. The zero-order valence-electron chi connectivity index (χ0n) is 19.4. The zero-order valence-corrected chi connectivity index (χ0v) is 19.4. The van der Waals surface area contributed by atoms with Crippen LogP contribution in [-0.2, 0) is 24.3 Å². The summed E-state index contributed by atoms with van der Waals surface area (Å²) < 4.78 is 1.82. The molecule has 2 N–H and O–H groups in total. The number of fused-ring (bicyclic) bond motifs is 2. The summed E-state index contributed by atoms with van der Waals surface area (Å²) in [5.41, 5.74) is 12.2. The van der Waals surface area contributed by atoms with Gasteiger partial charge in [-0.15, -0.1) is 0 Å². The number of carbonyl (C=O) groups is 2. The fraction of sp³-hybridized carbons (Fsp3) is 0.407. The molecule has 7 nitrogen and oxygen atoms in total. The van der Waals surface area contributed by atoms with Crippen LogP contribution in [0.15, 0.2) is 42.7 Å². The minimum Gasteiger partial charge on any atom is -0.384 e. The van der Waals surface area contributed by atoms with Crippen molar-refractivity contribution < 1.29 is 9.59 Å². The number of aromatic nitrogens is 3. The van der Waals surface area contributed by atoms with Gasteiger partial charge in [0.25, 0.3) is 0 Å². The summed E-state index contributed by atoms with van der Waals surface area (Å²) in [6, 6.07) is 10.2. The maximum Gasteiger partial charge on any atom is 0.226 e. The van der Waals surface area contributed by atoms with Gasteiger partial charge in [0.15, 0.2) is 5.78 Å². The topological polar surface area (TPSA) is 94.1 Å². The summed E-state index contributed by atoms with van der Waals surface area (Å²) in [6.45, 7) is 4.26. The summed E-state index contributed by atoms with van der Waals surface area (Å²) >= 11 is 0. The number of aryl methyl sites for hydroxylation is 2. The van der Waals surface area contributed by atoms with Crippen LogP contribution < -0.4 is 5.73 Å². The lowest BCUT2D eigenvalue weighted by molar-refractivity contribution is -0.130. The van der Waals surface area contributed by atoms with E-state index in [4.69, 9.17) is 5.73 Å². The standard InChI is InChI=1S/C27H29N5O2/c1-16-8-25(28)30-23-7-6-19(26(16)23)10-24(33)21-11-29-32(15-21)13-18-4-2-17(3-5-18)12-31-14-20-9-22(20)27(31)34/h2-5,8,11,15,19-20,22H,6-7,9-10,12-14H2,1H3,(H2,28,30). The Labute approximate surface area is 199 Å². The molecule has 7 heteroatoms. The summed E-state index contributed by atoms with van der Waals surface area (Å²) in [7, 11) is 0. The number of nitrogens with two attached hydrogens (primary N) is 1. The Morgan fingerprint density at radius 2 is 1.94 bits per heavy atom. The summed E-state index contributed by atoms with van der Waals surface area (Å²) in [6.07, 6.45) is 6.88. The van der Waals surface area contributed by atoms with Crippen molar-refractivity contribution in [1.29, 1.82) is 0 Å². The van der Waals surface area contributed by atoms with Crippen LogP contribution in [-0.4, -0.2) is 37.9 Å². The van der Waals surface area contributed by atoms with Crippen molar-refractivity contribution in [3.05, 3.63) is 76.2 Å². The number of hydrogen-bond donors (Lipinski definition) is 1. The summed E-state index contributed by atoms with van der Waals surface area (Å²) in [5, 5.41) is 4.42. The molecule has 174 valence electrons. The third-order valence-electron chi connectivity index (χ3n) is 7.64. The first-order chi connectivity index (χ1) is 16.4. The molecule has 1 aromatic carbocycles. The van der Waals surface area contributed by atoms with Crippen LogP contribution in [0.5, 0.6) is 0 Å². The number of likely N-dealkylation sites (tertiary alicyclic amines) is 1. The molecule has 0 radical (unpaired) electrons. The monoisotopic (exact) mass is 455 g/mol. The van der Waals surface area contributed by atoms with Gasteiger partial charge in [-0.05, 0) is 66.3 Å². The minimum atomic E-state index is 0.115. The molecule has 3 aromatic rings. The van der Waals surface area contributed by atoms with E-state index >= 15 is 0 Å². The van der Waals surface area contributed by atoms with E-state index in [2.05, 4.69) is 41.3 Å². The van der Waals surface area contributed by atoms with Crippen molar-refractivity contribution in [3.63, 3.8) is 0 Å². The molecule has 3 aliphatic rings. The fourth-order valence-corrected chi connectivity index (χ4v) is 5.78. The predicted octanol–water partition coefficient (Wildman–Crippen LogP) is 3.50. The van der Waals surface area contributed by atoms with E-state index in [-0.39, 0.29) is 11.7 Å². The first-order valence-corrected chi connectivity index (χ1v) is 12.1. The molecule has 2 fully saturated rings. The largest absolute Gasteiger partial charge is 0.384 e. The van der Waals surface area contributed by atoms with Gasteiger partial charge in [0.1, 0.15) is 5.82 Å². The molecule has 34 heavy (non-hydrogen) atoms. The van der Waals surface area contributed by atoms with Crippen molar-refractivity contribution >= 4 is 17.5 Å². The average molecular weight is 456 g/mol. The Balaban J connectivity index is 1.07. The van der Waals surface area contributed by atoms with E-state index in [0.717, 1.165) is 48.2 Å². The Morgan fingerprint density at radius 1 is 1.18 bits per heavy atom. The van der Waals surface area contributed by atoms with Gasteiger partial charge < -0.3 is 10.6 Å². The smallest absolute Gasteiger partial charge is 0.226 e. The Kier molecular flexibility index (Phi) is 5.01. The van der Waals surface area contributed by atoms with Crippen molar-refractivity contribution in [1.82, 2.24) is 19.7 Å². The molecule has 0 spiro atoms. The number of nitrogen functional groups attached to an aromatic ring is 1. The van der Waals surface area contributed by atoms with Crippen LogP contribution in [0, 0.1) is 18.8 Å². The number of Topliss-reactive ketones (excluding diaryl/α,β-unsaturated/α-hetero) is 1. The lowest BCUT2D eigenvalue weighted by Crippen LogP contribution is -2.27. The molecule has 2 aliphatic carbocycles.